The van der Waals surface area contributed by atoms with E-state index in [0.29, 0.717) is 5.92 Å². The average molecular weight is 820 g/mol. The second-order valence-corrected chi connectivity index (χ2v) is 17.5. The van der Waals surface area contributed by atoms with Gasteiger partial charge in [-0.25, -0.2) is 0 Å². The van der Waals surface area contributed by atoms with Crippen molar-refractivity contribution in [2.45, 2.75) is 46.5 Å². The number of anilines is 3. The topological polar surface area (TPSA) is 16.4 Å². The van der Waals surface area contributed by atoms with Crippen molar-refractivity contribution in [3.8, 4) is 11.1 Å². The van der Waals surface area contributed by atoms with Crippen molar-refractivity contribution in [1.29, 1.82) is 0 Å². The highest BCUT2D eigenvalue weighted by atomic mass is 35.5. The minimum Gasteiger partial charge on any atom is -0.455 e. The number of fused-ring (bicyclic) bond motifs is 7. The normalized spacial score (nSPS) is 14.2. The van der Waals surface area contributed by atoms with Crippen LogP contribution in [0.5, 0.6) is 0 Å². The minimum absolute atomic E-state index is 0.360. The highest BCUT2D eigenvalue weighted by Gasteiger charge is 2.22. The third-order valence-corrected chi connectivity index (χ3v) is 13.4. The van der Waals surface area contributed by atoms with E-state index in [4.69, 9.17) is 16.0 Å². The maximum Gasteiger partial charge on any atom is 0.143 e. The van der Waals surface area contributed by atoms with Crippen LogP contribution in [0.2, 0.25) is 5.02 Å². The van der Waals surface area contributed by atoms with Crippen LogP contribution in [0.15, 0.2) is 186 Å². The zero-order valence-electron chi connectivity index (χ0n) is 35.5. The first-order valence-corrected chi connectivity index (χ1v) is 22.1. The predicted molar refractivity (Wildman–Crippen MR) is 266 cm³/mol. The third-order valence-electron chi connectivity index (χ3n) is 13.2. The van der Waals surface area contributed by atoms with Crippen molar-refractivity contribution in [2.75, 3.05) is 4.90 Å². The van der Waals surface area contributed by atoms with Crippen molar-refractivity contribution in [3.63, 3.8) is 0 Å². The molecule has 62 heavy (non-hydrogen) atoms. The molecule has 1 aromatic heterocycles. The van der Waals surface area contributed by atoms with E-state index in [0.717, 1.165) is 68.0 Å². The molecular weight excluding hydrogens is 774 g/mol. The quantitative estimate of drug-likeness (QED) is 0.149. The molecule has 0 spiro atoms. The lowest BCUT2D eigenvalue weighted by atomic mass is 9.80. The SMILES string of the molecule is CCc1cc(-c2ccc(N(c3ccc(C4=CCC(c5cccc6cccc(C)c56)C(C)=C4)cc3)c3cc(C)c4c(ccc5cc(Cl)ccc54)c3)cc2)c2oc3ccccc3c2c1. The molecule has 0 N–H and O–H groups in total. The Labute approximate surface area is 368 Å². The van der Waals surface area contributed by atoms with Crippen LogP contribution >= 0.6 is 11.6 Å². The number of benzene rings is 9. The van der Waals surface area contributed by atoms with E-state index in [2.05, 4.69) is 196 Å². The lowest BCUT2D eigenvalue weighted by Crippen LogP contribution is -2.10. The van der Waals surface area contributed by atoms with Crippen LogP contribution in [-0.4, -0.2) is 0 Å². The molecule has 0 saturated carbocycles. The Morgan fingerprint density at radius 1 is 0.581 bits per heavy atom. The molecule has 1 heterocycles. The second kappa shape index (κ2) is 15.2. The van der Waals surface area contributed by atoms with Gasteiger partial charge in [0.15, 0.2) is 0 Å². The van der Waals surface area contributed by atoms with Crippen LogP contribution in [0.4, 0.5) is 17.1 Å². The molecule has 1 aliphatic carbocycles. The monoisotopic (exact) mass is 819 g/mol. The van der Waals surface area contributed by atoms with Gasteiger partial charge in [-0.05, 0) is 172 Å². The smallest absolute Gasteiger partial charge is 0.143 e. The van der Waals surface area contributed by atoms with E-state index >= 15 is 0 Å². The molecule has 0 bridgehead atoms. The summed E-state index contributed by atoms with van der Waals surface area (Å²) in [6.45, 7) is 8.97. The summed E-state index contributed by atoms with van der Waals surface area (Å²) in [5.74, 6) is 0.360. The standard InChI is InChI=1S/C59H46ClNO/c1-5-39-32-54(59-55(33-39)52-13-6-7-15-56(52)62-59)41-20-26-48(27-21-41)61(49-31-38(4)58-45(35-49)17-16-44-34-46(60)23-29-51(44)58)47-24-18-40(19-25-47)43-22-28-50(37(3)30-43)53-14-9-12-42-11-8-10-36(2)57(42)53/h6-27,29-35,50H,5,28H2,1-4H3. The molecule has 2 nitrogen and oxygen atoms in total. The lowest BCUT2D eigenvalue weighted by molar-refractivity contribution is 0.670. The number of hydrogen-bond acceptors (Lipinski definition) is 2. The fourth-order valence-electron chi connectivity index (χ4n) is 10.1. The summed E-state index contributed by atoms with van der Waals surface area (Å²) in [5.41, 5.74) is 16.6. The Morgan fingerprint density at radius 2 is 1.32 bits per heavy atom. The molecule has 0 saturated heterocycles. The Kier molecular flexibility index (Phi) is 9.36. The molecule has 1 aliphatic rings. The Balaban J connectivity index is 0.989. The minimum atomic E-state index is 0.360. The Morgan fingerprint density at radius 3 is 2.10 bits per heavy atom. The largest absolute Gasteiger partial charge is 0.455 e. The van der Waals surface area contributed by atoms with Gasteiger partial charge >= 0.3 is 0 Å². The number of para-hydroxylation sites is 1. The van der Waals surface area contributed by atoms with Gasteiger partial charge in [-0.3, -0.25) is 0 Å². The number of furan rings is 1. The van der Waals surface area contributed by atoms with Gasteiger partial charge < -0.3 is 9.32 Å². The van der Waals surface area contributed by atoms with Crippen LogP contribution in [0.1, 0.15) is 54.0 Å². The number of aryl methyl sites for hydroxylation is 3. The number of hydrogen-bond donors (Lipinski definition) is 0. The first-order valence-electron chi connectivity index (χ1n) is 21.8. The van der Waals surface area contributed by atoms with Crippen molar-refractivity contribution >= 4 is 88.5 Å². The molecule has 0 amide bonds. The first-order chi connectivity index (χ1) is 30.3. The average Bonchev–Trinajstić information content (AvgIpc) is 3.68. The maximum atomic E-state index is 6.54. The summed E-state index contributed by atoms with van der Waals surface area (Å²) in [6.07, 6.45) is 6.75. The van der Waals surface area contributed by atoms with Crippen LogP contribution in [-0.2, 0) is 6.42 Å². The van der Waals surface area contributed by atoms with Crippen molar-refractivity contribution in [3.05, 3.63) is 214 Å². The summed E-state index contributed by atoms with van der Waals surface area (Å²) in [5, 5.41) is 10.6. The summed E-state index contributed by atoms with van der Waals surface area (Å²) in [6, 6.07) is 59.7. The molecule has 0 radical (unpaired) electrons. The van der Waals surface area contributed by atoms with Crippen LogP contribution < -0.4 is 4.90 Å². The molecule has 1 unspecified atom stereocenters. The highest BCUT2D eigenvalue weighted by Crippen LogP contribution is 2.44. The van der Waals surface area contributed by atoms with Gasteiger partial charge in [-0.15, -0.1) is 0 Å². The lowest BCUT2D eigenvalue weighted by Gasteiger charge is -2.27. The van der Waals surface area contributed by atoms with E-state index < -0.39 is 0 Å². The Bertz CT molecular complexity index is 3450. The molecule has 300 valence electrons. The molecule has 0 fully saturated rings. The van der Waals surface area contributed by atoms with Gasteiger partial charge in [0.1, 0.15) is 11.2 Å². The van der Waals surface area contributed by atoms with Crippen molar-refractivity contribution in [2.24, 2.45) is 0 Å². The predicted octanol–water partition coefficient (Wildman–Crippen LogP) is 17.5. The second-order valence-electron chi connectivity index (χ2n) is 17.0. The molecule has 3 heteroatoms. The molecule has 10 aromatic rings. The number of halogens is 1. The maximum absolute atomic E-state index is 6.54. The van der Waals surface area contributed by atoms with E-state index in [1.165, 1.54) is 71.3 Å². The Hall–Kier alpha value is -6.87. The highest BCUT2D eigenvalue weighted by molar-refractivity contribution is 6.31. The molecule has 0 aliphatic heterocycles. The summed E-state index contributed by atoms with van der Waals surface area (Å²) < 4.78 is 6.54. The first kappa shape index (κ1) is 38.1. The molecular formula is C59H46ClNO. The number of nitrogens with zero attached hydrogens (tertiary/aromatic N) is 1. The van der Waals surface area contributed by atoms with Crippen molar-refractivity contribution in [1.82, 2.24) is 0 Å². The van der Waals surface area contributed by atoms with Gasteiger partial charge in [0.25, 0.3) is 0 Å². The van der Waals surface area contributed by atoms with E-state index in [1.807, 2.05) is 12.1 Å². The number of allylic oxidation sites excluding steroid dienone is 4. The summed E-state index contributed by atoms with van der Waals surface area (Å²) >= 11 is 6.43. The molecule has 9 aromatic carbocycles. The van der Waals surface area contributed by atoms with Crippen LogP contribution in [0.3, 0.4) is 0 Å². The van der Waals surface area contributed by atoms with Crippen molar-refractivity contribution < 1.29 is 4.42 Å². The fraction of sp³-hybridized carbons (Fsp3) is 0.119. The van der Waals surface area contributed by atoms with Gasteiger partial charge in [-0.1, -0.05) is 133 Å². The fourth-order valence-corrected chi connectivity index (χ4v) is 10.3. The van der Waals surface area contributed by atoms with Gasteiger partial charge in [-0.2, -0.15) is 0 Å². The summed E-state index contributed by atoms with van der Waals surface area (Å²) in [7, 11) is 0. The van der Waals surface area contributed by atoms with Gasteiger partial charge in [0, 0.05) is 44.3 Å². The summed E-state index contributed by atoms with van der Waals surface area (Å²) in [4.78, 5) is 2.39. The molecule has 11 rings (SSSR count). The van der Waals surface area contributed by atoms with Crippen LogP contribution in [0.25, 0.3) is 71.0 Å². The van der Waals surface area contributed by atoms with E-state index in [1.54, 1.807) is 0 Å². The molecule has 1 atom stereocenters. The van der Waals surface area contributed by atoms with Gasteiger partial charge in [0.05, 0.1) is 0 Å². The van der Waals surface area contributed by atoms with Gasteiger partial charge in [0.2, 0.25) is 0 Å². The van der Waals surface area contributed by atoms with E-state index in [-0.39, 0.29) is 0 Å². The van der Waals surface area contributed by atoms with E-state index in [9.17, 15) is 0 Å². The number of rotatable bonds is 7. The third kappa shape index (κ3) is 6.49. The zero-order chi connectivity index (χ0) is 42.1. The zero-order valence-corrected chi connectivity index (χ0v) is 36.2. The van der Waals surface area contributed by atoms with Crippen LogP contribution in [0, 0.1) is 13.8 Å².